The number of carbonyl (C=O) groups is 1. The van der Waals surface area contributed by atoms with Crippen LogP contribution in [0.4, 0.5) is 0 Å². The van der Waals surface area contributed by atoms with E-state index in [1.807, 2.05) is 0 Å². The number of rotatable bonds is 10. The van der Waals surface area contributed by atoms with Crippen molar-refractivity contribution in [2.24, 2.45) is 23.2 Å². The zero-order valence-corrected chi connectivity index (χ0v) is 28.5. The molecule has 3 aliphatic rings. The molecule has 1 saturated heterocycles. The zero-order chi connectivity index (χ0) is 29.3. The first-order valence-electron chi connectivity index (χ1n) is 15.9. The van der Waals surface area contributed by atoms with Gasteiger partial charge in [-0.15, -0.1) is 0 Å². The summed E-state index contributed by atoms with van der Waals surface area (Å²) < 4.78 is 6.99. The molecule has 1 amide bonds. The molecule has 2 aliphatic carbocycles. The minimum Gasteiger partial charge on any atom is -0.403 e. The first-order valence-corrected chi connectivity index (χ1v) is 20.3. The lowest BCUT2D eigenvalue weighted by Gasteiger charge is -2.45. The van der Waals surface area contributed by atoms with Crippen molar-refractivity contribution in [3.63, 3.8) is 0 Å². The number of nitrogens with zero attached hydrogens (tertiary/aromatic N) is 1. The molecule has 2 unspecified atom stereocenters. The number of hydrogen-bond acceptors (Lipinski definition) is 2. The number of amides is 1. The standard InChI is InChI=1S/C36H50BrNO2Si/c1-27(32-18-19-33-30(26-37)17-12-21-35(32,33)2)23-31-25-36(40-41(3,4)5,24-29-15-10-7-11-16-29)34(39)38(31)22-20-28-13-8-6-9-14-28/h6-11,13-16,26-27,31-33H,12,17-25H2,1-5H3/t27-,31?,32-,33+,35-,36?/m1/s1. The fourth-order valence-corrected chi connectivity index (χ4v) is 10.9. The van der Waals surface area contributed by atoms with Gasteiger partial charge >= 0.3 is 0 Å². The van der Waals surface area contributed by atoms with Crippen molar-refractivity contribution in [3.8, 4) is 0 Å². The number of benzene rings is 2. The maximum absolute atomic E-state index is 14.6. The van der Waals surface area contributed by atoms with Gasteiger partial charge in [0.2, 0.25) is 0 Å². The van der Waals surface area contributed by atoms with Crippen molar-refractivity contribution in [1.29, 1.82) is 0 Å². The zero-order valence-electron chi connectivity index (χ0n) is 25.9. The van der Waals surface area contributed by atoms with E-state index in [0.29, 0.717) is 29.6 Å². The van der Waals surface area contributed by atoms with Crippen LogP contribution in [0, 0.1) is 23.2 Å². The van der Waals surface area contributed by atoms with Crippen LogP contribution in [0.25, 0.3) is 0 Å². The second-order valence-electron chi connectivity index (χ2n) is 14.5. The van der Waals surface area contributed by atoms with Gasteiger partial charge in [0.15, 0.2) is 8.32 Å². The summed E-state index contributed by atoms with van der Waals surface area (Å²) in [4.78, 5) is 19.1. The minimum absolute atomic E-state index is 0.207. The number of halogens is 1. The van der Waals surface area contributed by atoms with Gasteiger partial charge in [-0.25, -0.2) is 0 Å². The predicted octanol–water partition coefficient (Wildman–Crippen LogP) is 9.18. The van der Waals surface area contributed by atoms with E-state index in [4.69, 9.17) is 4.43 Å². The van der Waals surface area contributed by atoms with Gasteiger partial charge in [0.05, 0.1) is 0 Å². The first kappa shape index (κ1) is 30.8. The molecule has 1 aliphatic heterocycles. The Kier molecular flexibility index (Phi) is 9.38. The number of hydrogen-bond donors (Lipinski definition) is 0. The Morgan fingerprint density at radius 1 is 1.05 bits per heavy atom. The highest BCUT2D eigenvalue weighted by molar-refractivity contribution is 9.11. The van der Waals surface area contributed by atoms with Crippen LogP contribution in [0.3, 0.4) is 0 Å². The Labute approximate surface area is 258 Å². The lowest BCUT2D eigenvalue weighted by molar-refractivity contribution is -0.142. The molecule has 3 fully saturated rings. The van der Waals surface area contributed by atoms with Gasteiger partial charge < -0.3 is 9.33 Å². The summed E-state index contributed by atoms with van der Waals surface area (Å²) in [5.74, 6) is 2.18. The van der Waals surface area contributed by atoms with Crippen LogP contribution in [0.5, 0.6) is 0 Å². The molecule has 5 rings (SSSR count). The summed E-state index contributed by atoms with van der Waals surface area (Å²) in [6.07, 6.45) is 9.88. The largest absolute Gasteiger partial charge is 0.403 e. The highest BCUT2D eigenvalue weighted by Crippen LogP contribution is 2.60. The third-order valence-corrected chi connectivity index (χ3v) is 12.1. The molecule has 3 nitrogen and oxygen atoms in total. The topological polar surface area (TPSA) is 29.5 Å². The Morgan fingerprint density at radius 2 is 1.71 bits per heavy atom. The van der Waals surface area contributed by atoms with Crippen LogP contribution in [-0.4, -0.2) is 37.3 Å². The van der Waals surface area contributed by atoms with Gasteiger partial charge in [-0.05, 0) is 104 Å². The van der Waals surface area contributed by atoms with E-state index in [1.54, 1.807) is 5.57 Å². The summed E-state index contributed by atoms with van der Waals surface area (Å²) in [5, 5.41) is 0. The molecule has 2 aromatic rings. The second kappa shape index (κ2) is 12.5. The van der Waals surface area contributed by atoms with E-state index in [-0.39, 0.29) is 11.9 Å². The molecule has 0 radical (unpaired) electrons. The minimum atomic E-state index is -2.01. The number of fused-ring (bicyclic) bond motifs is 1. The second-order valence-corrected chi connectivity index (χ2v) is 19.3. The molecule has 41 heavy (non-hydrogen) atoms. The van der Waals surface area contributed by atoms with E-state index in [0.717, 1.165) is 25.8 Å². The van der Waals surface area contributed by atoms with Gasteiger partial charge in [0.1, 0.15) is 5.60 Å². The van der Waals surface area contributed by atoms with Crippen molar-refractivity contribution in [2.75, 3.05) is 6.54 Å². The average Bonchev–Trinajstić information content (AvgIpc) is 3.41. The van der Waals surface area contributed by atoms with Gasteiger partial charge in [-0.1, -0.05) is 96.0 Å². The Morgan fingerprint density at radius 3 is 2.34 bits per heavy atom. The van der Waals surface area contributed by atoms with Crippen molar-refractivity contribution in [3.05, 3.63) is 82.3 Å². The van der Waals surface area contributed by atoms with Crippen molar-refractivity contribution in [1.82, 2.24) is 4.90 Å². The maximum atomic E-state index is 14.6. The van der Waals surface area contributed by atoms with Crippen LogP contribution < -0.4 is 0 Å². The van der Waals surface area contributed by atoms with Crippen LogP contribution in [0.1, 0.15) is 69.9 Å². The summed E-state index contributed by atoms with van der Waals surface area (Å²) in [7, 11) is -2.01. The molecule has 1 heterocycles. The molecule has 6 atom stereocenters. The van der Waals surface area contributed by atoms with Crippen molar-refractivity contribution in [2.45, 2.75) is 103 Å². The Hall–Kier alpha value is -1.69. The molecule has 5 heteroatoms. The van der Waals surface area contributed by atoms with Crippen molar-refractivity contribution < 1.29 is 9.22 Å². The highest BCUT2D eigenvalue weighted by atomic mass is 79.9. The lowest BCUT2D eigenvalue weighted by atomic mass is 9.61. The van der Waals surface area contributed by atoms with E-state index in [2.05, 4.69) is 120 Å². The molecule has 0 N–H and O–H groups in total. The SMILES string of the molecule is C[C@H](CC1CC(Cc2ccccc2)(O[Si](C)(C)C)C(=O)N1CCc1ccccc1)[C@H]1CC[C@H]2C(=CBr)CCC[C@]12C. The molecule has 2 aromatic carbocycles. The van der Waals surface area contributed by atoms with Gasteiger partial charge in [0.25, 0.3) is 5.91 Å². The Balaban J connectivity index is 1.43. The monoisotopic (exact) mass is 635 g/mol. The molecule has 0 bridgehead atoms. The summed E-state index contributed by atoms with van der Waals surface area (Å²) >= 11 is 3.70. The van der Waals surface area contributed by atoms with Gasteiger partial charge in [-0.2, -0.15) is 0 Å². The Bertz CT molecular complexity index is 1210. The molecule has 2 saturated carbocycles. The third-order valence-electron chi connectivity index (χ3n) is 10.5. The van der Waals surface area contributed by atoms with E-state index < -0.39 is 13.9 Å². The molecular formula is C36H50BrNO2Si. The predicted molar refractivity (Wildman–Crippen MR) is 177 cm³/mol. The number of likely N-dealkylation sites (tertiary alicyclic amines) is 1. The summed E-state index contributed by atoms with van der Waals surface area (Å²) in [6, 6.07) is 21.4. The summed E-state index contributed by atoms with van der Waals surface area (Å²) in [5.41, 5.74) is 3.70. The van der Waals surface area contributed by atoms with E-state index in [9.17, 15) is 4.79 Å². The normalized spacial score (nSPS) is 32.0. The third kappa shape index (κ3) is 6.62. The highest BCUT2D eigenvalue weighted by Gasteiger charge is 2.56. The quantitative estimate of drug-likeness (QED) is 0.244. The fourth-order valence-electron chi connectivity index (χ4n) is 8.91. The van der Waals surface area contributed by atoms with Crippen LogP contribution in [0.15, 0.2) is 71.2 Å². The lowest BCUT2D eigenvalue weighted by Crippen LogP contribution is -2.50. The van der Waals surface area contributed by atoms with E-state index in [1.165, 1.54) is 43.2 Å². The molecule has 0 aromatic heterocycles. The van der Waals surface area contributed by atoms with Gasteiger partial charge in [-0.3, -0.25) is 4.79 Å². The van der Waals surface area contributed by atoms with Gasteiger partial charge in [0, 0.05) is 25.4 Å². The fraction of sp³-hybridized carbons (Fsp3) is 0.583. The first-order chi connectivity index (χ1) is 19.5. The van der Waals surface area contributed by atoms with Crippen LogP contribution in [0.2, 0.25) is 19.6 Å². The number of carbonyl (C=O) groups excluding carboxylic acids is 1. The molecule has 222 valence electrons. The van der Waals surface area contributed by atoms with E-state index >= 15 is 0 Å². The molecule has 0 spiro atoms. The smallest absolute Gasteiger partial charge is 0.254 e. The van der Waals surface area contributed by atoms with Crippen LogP contribution >= 0.6 is 15.9 Å². The summed E-state index contributed by atoms with van der Waals surface area (Å²) in [6.45, 7) is 12.5. The average molecular weight is 637 g/mol. The molecular weight excluding hydrogens is 586 g/mol. The van der Waals surface area contributed by atoms with Crippen molar-refractivity contribution >= 4 is 30.2 Å². The number of allylic oxidation sites excluding steroid dienone is 1. The van der Waals surface area contributed by atoms with Crippen LogP contribution in [-0.2, 0) is 22.1 Å². The maximum Gasteiger partial charge on any atom is 0.254 e.